The number of urea groups is 1. The summed E-state index contributed by atoms with van der Waals surface area (Å²) >= 11 is 1.29. The van der Waals surface area contributed by atoms with Gasteiger partial charge in [-0.3, -0.25) is 10.00 Å². The predicted octanol–water partition coefficient (Wildman–Crippen LogP) is 5.04. The molecule has 54 heavy (non-hydrogen) atoms. The molecule has 3 saturated heterocycles. The molecule has 7 rings (SSSR count). The molecule has 2 N–H and O–H groups in total. The number of carbonyl (C=O) groups excluding carboxylic acids is 3. The van der Waals surface area contributed by atoms with Gasteiger partial charge in [0.15, 0.2) is 0 Å². The number of pyridine rings is 2. The zero-order chi connectivity index (χ0) is 37.4. The summed E-state index contributed by atoms with van der Waals surface area (Å²) in [6, 6.07) is 1.09. The van der Waals surface area contributed by atoms with Gasteiger partial charge in [0.05, 0.1) is 57.1 Å². The van der Waals surface area contributed by atoms with E-state index in [0.717, 1.165) is 5.56 Å². The molecule has 0 aliphatic carbocycles. The summed E-state index contributed by atoms with van der Waals surface area (Å²) in [5, 5.41) is 12.0. The minimum Gasteiger partial charge on any atom is -0.474 e. The van der Waals surface area contributed by atoms with Crippen molar-refractivity contribution < 1.29 is 42.8 Å². The number of ether oxygens (including phenoxy) is 6. The zero-order valence-electron chi connectivity index (χ0n) is 30.2. The van der Waals surface area contributed by atoms with Crippen LogP contribution in [-0.4, -0.2) is 107 Å². The number of hydrogen-bond donors (Lipinski definition) is 2. The Hall–Kier alpha value is -4.97. The van der Waals surface area contributed by atoms with Crippen LogP contribution in [0.25, 0.3) is 33.0 Å². The maximum absolute atomic E-state index is 14.5. The van der Waals surface area contributed by atoms with Crippen molar-refractivity contribution in [1.29, 1.82) is 0 Å². The Labute approximate surface area is 315 Å². The second kappa shape index (κ2) is 17.4. The highest BCUT2D eigenvalue weighted by molar-refractivity contribution is 7.13. The van der Waals surface area contributed by atoms with E-state index in [2.05, 4.69) is 25.7 Å². The Balaban J connectivity index is 1.40. The van der Waals surface area contributed by atoms with Crippen LogP contribution >= 0.6 is 11.3 Å². The molecular formula is C37H43N7O9S. The molecule has 0 spiro atoms. The van der Waals surface area contributed by atoms with Crippen molar-refractivity contribution in [2.45, 2.75) is 63.8 Å². The second-order valence-electron chi connectivity index (χ2n) is 13.1. The minimum absolute atomic E-state index is 0.00969. The normalized spacial score (nSPS) is 17.1. The summed E-state index contributed by atoms with van der Waals surface area (Å²) in [5.74, 6) is -1.05. The number of rotatable bonds is 11. The van der Waals surface area contributed by atoms with Crippen LogP contribution in [0.1, 0.15) is 66.2 Å². The van der Waals surface area contributed by atoms with Gasteiger partial charge in [-0.1, -0.05) is 0 Å². The molecule has 0 unspecified atom stereocenters. The van der Waals surface area contributed by atoms with Gasteiger partial charge in [0.25, 0.3) is 0 Å². The molecular weight excluding hydrogens is 719 g/mol. The van der Waals surface area contributed by atoms with Crippen LogP contribution in [0, 0.1) is 0 Å². The van der Waals surface area contributed by atoms with Crippen LogP contribution in [-0.2, 0) is 30.7 Å². The Bertz CT molecular complexity index is 1950. The topological polar surface area (TPSA) is 187 Å². The van der Waals surface area contributed by atoms with Crippen molar-refractivity contribution in [2.24, 2.45) is 7.05 Å². The van der Waals surface area contributed by atoms with E-state index < -0.39 is 24.1 Å². The monoisotopic (exact) mass is 761 g/mol. The summed E-state index contributed by atoms with van der Waals surface area (Å²) in [6.45, 7) is 5.09. The van der Waals surface area contributed by atoms with Gasteiger partial charge in [-0.2, -0.15) is 5.10 Å². The SMILES string of the molecule is CCNC(=O)Nc1ncc(-c2cc(C(=O)OC3CCOCC3)cnc2OC2CCOCC2)c(-c2nc(-c3cnn(C)c3)cs2)c1C(=O)OC1CCOCC1. The van der Waals surface area contributed by atoms with Crippen molar-refractivity contribution in [2.75, 3.05) is 51.5 Å². The predicted molar refractivity (Wildman–Crippen MR) is 196 cm³/mol. The van der Waals surface area contributed by atoms with Gasteiger partial charge in [-0.15, -0.1) is 11.3 Å². The first-order valence-corrected chi connectivity index (χ1v) is 19.1. The maximum atomic E-state index is 14.5. The lowest BCUT2D eigenvalue weighted by Crippen LogP contribution is -2.31. The lowest BCUT2D eigenvalue weighted by Gasteiger charge is -2.26. The number of thiazole rings is 1. The van der Waals surface area contributed by atoms with E-state index in [1.165, 1.54) is 23.7 Å². The summed E-state index contributed by atoms with van der Waals surface area (Å²) in [7, 11) is 1.81. The van der Waals surface area contributed by atoms with E-state index in [4.69, 9.17) is 33.4 Å². The molecule has 0 atom stereocenters. The van der Waals surface area contributed by atoms with Gasteiger partial charge in [0.1, 0.15) is 34.7 Å². The fraction of sp³-hybridized carbons (Fsp3) is 0.486. The van der Waals surface area contributed by atoms with Gasteiger partial charge in [0, 0.05) is 98.3 Å². The molecule has 0 radical (unpaired) electrons. The number of aromatic nitrogens is 5. The van der Waals surface area contributed by atoms with E-state index in [-0.39, 0.29) is 35.0 Å². The first-order chi connectivity index (χ1) is 26.4. The van der Waals surface area contributed by atoms with Gasteiger partial charge in [0.2, 0.25) is 5.88 Å². The third kappa shape index (κ3) is 8.86. The molecule has 3 aliphatic heterocycles. The highest BCUT2D eigenvalue weighted by atomic mass is 32.1. The Morgan fingerprint density at radius 3 is 2.13 bits per heavy atom. The molecule has 3 fully saturated rings. The average molecular weight is 762 g/mol. The van der Waals surface area contributed by atoms with Crippen LogP contribution in [0.5, 0.6) is 5.88 Å². The summed E-state index contributed by atoms with van der Waals surface area (Å²) < 4.78 is 36.7. The summed E-state index contributed by atoms with van der Waals surface area (Å²) in [4.78, 5) is 55.3. The van der Waals surface area contributed by atoms with Crippen LogP contribution in [0.2, 0.25) is 0 Å². The molecule has 16 nitrogen and oxygen atoms in total. The lowest BCUT2D eigenvalue weighted by molar-refractivity contribution is -0.0167. The molecule has 286 valence electrons. The van der Waals surface area contributed by atoms with Gasteiger partial charge >= 0.3 is 18.0 Å². The first-order valence-electron chi connectivity index (χ1n) is 18.2. The number of nitrogens with zero attached hydrogens (tertiary/aromatic N) is 5. The number of aryl methyl sites for hydroxylation is 1. The van der Waals surface area contributed by atoms with Crippen LogP contribution in [0.15, 0.2) is 36.2 Å². The quantitative estimate of drug-likeness (QED) is 0.194. The van der Waals surface area contributed by atoms with E-state index in [1.807, 2.05) is 18.6 Å². The Morgan fingerprint density at radius 1 is 0.852 bits per heavy atom. The van der Waals surface area contributed by atoms with Gasteiger partial charge in [-0.25, -0.2) is 29.3 Å². The Kier molecular flexibility index (Phi) is 12.1. The first kappa shape index (κ1) is 37.3. The standard InChI is InChI=1S/C37H43N7O9S/c1-3-38-37(47)43-32-31(36(46)53-26-8-14-50-15-9-26)30(34-42-29(21-54-34)23-18-41-44(2)20-23)28(19-39-32)27-16-22(35(45)52-25-6-12-49-13-7-25)17-40-33(27)51-24-4-10-48-11-5-24/h16-21,24-26H,3-15H2,1-2H3,(H2,38,39,43,47). The fourth-order valence-corrected chi connectivity index (χ4v) is 7.33. The molecule has 3 aliphatic rings. The highest BCUT2D eigenvalue weighted by Gasteiger charge is 2.32. The summed E-state index contributed by atoms with van der Waals surface area (Å²) in [6.07, 6.45) is 9.05. The van der Waals surface area contributed by atoms with Crippen molar-refractivity contribution in [3.63, 3.8) is 0 Å². The maximum Gasteiger partial charge on any atom is 0.342 e. The van der Waals surface area contributed by atoms with E-state index in [0.29, 0.717) is 112 Å². The molecule has 0 aromatic carbocycles. The lowest BCUT2D eigenvalue weighted by atomic mass is 9.96. The molecule has 2 amide bonds. The number of carbonyl (C=O) groups is 3. The van der Waals surface area contributed by atoms with Crippen molar-refractivity contribution in [3.05, 3.63) is 47.4 Å². The highest BCUT2D eigenvalue weighted by Crippen LogP contribution is 2.44. The second-order valence-corrected chi connectivity index (χ2v) is 14.0. The van der Waals surface area contributed by atoms with Gasteiger partial charge < -0.3 is 33.7 Å². The third-order valence-corrected chi connectivity index (χ3v) is 10.1. The van der Waals surface area contributed by atoms with E-state index >= 15 is 0 Å². The smallest absolute Gasteiger partial charge is 0.342 e. The third-order valence-electron chi connectivity index (χ3n) is 9.28. The number of anilines is 1. The van der Waals surface area contributed by atoms with Crippen molar-refractivity contribution in [3.8, 4) is 38.8 Å². The largest absolute Gasteiger partial charge is 0.474 e. The van der Waals surface area contributed by atoms with Crippen LogP contribution in [0.4, 0.5) is 10.6 Å². The van der Waals surface area contributed by atoms with Crippen molar-refractivity contribution >= 4 is 35.1 Å². The average Bonchev–Trinajstić information content (AvgIpc) is 3.85. The fourth-order valence-electron chi connectivity index (χ4n) is 6.44. The Morgan fingerprint density at radius 2 is 1.50 bits per heavy atom. The minimum atomic E-state index is -0.703. The molecule has 4 aromatic heterocycles. The molecule has 4 aromatic rings. The summed E-state index contributed by atoms with van der Waals surface area (Å²) in [5.41, 5.74) is 2.66. The van der Waals surface area contributed by atoms with Crippen LogP contribution < -0.4 is 15.4 Å². The van der Waals surface area contributed by atoms with Crippen molar-refractivity contribution in [1.82, 2.24) is 30.0 Å². The van der Waals surface area contributed by atoms with E-state index in [1.54, 1.807) is 23.9 Å². The molecule has 7 heterocycles. The number of amides is 2. The molecule has 0 bridgehead atoms. The molecule has 17 heteroatoms. The van der Waals surface area contributed by atoms with E-state index in [9.17, 15) is 14.4 Å². The zero-order valence-corrected chi connectivity index (χ0v) is 31.0. The van der Waals surface area contributed by atoms with Crippen LogP contribution in [0.3, 0.4) is 0 Å². The number of nitrogens with one attached hydrogen (secondary N) is 2. The molecule has 0 saturated carbocycles. The number of esters is 2. The van der Waals surface area contributed by atoms with Gasteiger partial charge in [-0.05, 0) is 13.0 Å². The number of hydrogen-bond acceptors (Lipinski definition) is 14.